The molecular weight excluding hydrogens is 228 g/mol. The van der Waals surface area contributed by atoms with Crippen LogP contribution in [0.3, 0.4) is 0 Å². The molecule has 0 bridgehead atoms. The summed E-state index contributed by atoms with van der Waals surface area (Å²) in [6.45, 7) is 0.741. The summed E-state index contributed by atoms with van der Waals surface area (Å²) in [5, 5.41) is 8.47. The number of hydrogen-bond acceptors (Lipinski definition) is 5. The second-order valence-corrected chi connectivity index (χ2v) is 4.54. The first-order chi connectivity index (χ1) is 7.66. The Morgan fingerprint density at radius 1 is 1.50 bits per heavy atom. The topological polar surface area (TPSA) is 74.1 Å². The fraction of sp³-hybridized carbons (Fsp3) is 0.556. The summed E-state index contributed by atoms with van der Waals surface area (Å²) in [5.41, 5.74) is 0.386. The standard InChI is InChI=1S/C9H12N4O2S/c1-13-7(14)3-2-6(12-13)8(15)11-9-10-4-5-16-9/h2-5H2,1H3,(H,10,11,15). The Labute approximate surface area is 97.2 Å². The quantitative estimate of drug-likeness (QED) is 0.690. The zero-order valence-electron chi connectivity index (χ0n) is 8.89. The summed E-state index contributed by atoms with van der Waals surface area (Å²) in [7, 11) is 1.55. The van der Waals surface area contributed by atoms with E-state index in [0.717, 1.165) is 12.3 Å². The molecule has 2 aliphatic rings. The van der Waals surface area contributed by atoms with Crippen molar-refractivity contribution in [1.82, 2.24) is 10.3 Å². The molecule has 86 valence electrons. The molecule has 2 aliphatic heterocycles. The number of nitrogens with zero attached hydrogens (tertiary/aromatic N) is 3. The van der Waals surface area contributed by atoms with Crippen LogP contribution in [0.4, 0.5) is 0 Å². The van der Waals surface area contributed by atoms with Crippen molar-refractivity contribution in [3.8, 4) is 0 Å². The monoisotopic (exact) mass is 240 g/mol. The average molecular weight is 240 g/mol. The van der Waals surface area contributed by atoms with Gasteiger partial charge in [0.1, 0.15) is 5.71 Å². The van der Waals surface area contributed by atoms with Gasteiger partial charge in [0.15, 0.2) is 5.17 Å². The Bertz CT molecular complexity index is 391. The van der Waals surface area contributed by atoms with Crippen LogP contribution in [0.25, 0.3) is 0 Å². The molecule has 0 aromatic heterocycles. The Hall–Kier alpha value is -1.37. The molecule has 16 heavy (non-hydrogen) atoms. The van der Waals surface area contributed by atoms with Gasteiger partial charge in [-0.05, 0) is 0 Å². The number of nitrogens with one attached hydrogen (secondary N) is 1. The fourth-order valence-corrected chi connectivity index (χ4v) is 2.14. The van der Waals surface area contributed by atoms with Crippen LogP contribution in [-0.2, 0) is 9.59 Å². The van der Waals surface area contributed by atoms with E-state index in [0.29, 0.717) is 23.7 Å². The summed E-state index contributed by atoms with van der Waals surface area (Å²) in [6.07, 6.45) is 0.731. The Balaban J connectivity index is 1.99. The predicted molar refractivity (Wildman–Crippen MR) is 62.3 cm³/mol. The first kappa shape index (κ1) is 11.1. The minimum absolute atomic E-state index is 0.0656. The minimum atomic E-state index is -0.257. The lowest BCUT2D eigenvalue weighted by Gasteiger charge is -2.18. The van der Waals surface area contributed by atoms with Gasteiger partial charge < -0.3 is 5.32 Å². The summed E-state index contributed by atoms with van der Waals surface area (Å²) in [5.74, 6) is 0.581. The lowest BCUT2D eigenvalue weighted by molar-refractivity contribution is -0.130. The molecule has 0 unspecified atom stereocenters. The van der Waals surface area contributed by atoms with Crippen LogP contribution in [0.5, 0.6) is 0 Å². The maximum absolute atomic E-state index is 11.7. The number of hydrazone groups is 1. The van der Waals surface area contributed by atoms with Crippen molar-refractivity contribution in [3.63, 3.8) is 0 Å². The lowest BCUT2D eigenvalue weighted by atomic mass is 10.1. The van der Waals surface area contributed by atoms with Crippen molar-refractivity contribution < 1.29 is 9.59 Å². The van der Waals surface area contributed by atoms with Crippen molar-refractivity contribution in [3.05, 3.63) is 0 Å². The smallest absolute Gasteiger partial charge is 0.273 e. The molecule has 0 aromatic carbocycles. The van der Waals surface area contributed by atoms with Gasteiger partial charge in [-0.2, -0.15) is 5.10 Å². The third-order valence-electron chi connectivity index (χ3n) is 2.28. The van der Waals surface area contributed by atoms with E-state index in [1.807, 2.05) is 0 Å². The number of aliphatic imine (C=N–C) groups is 1. The molecule has 6 nitrogen and oxygen atoms in total. The van der Waals surface area contributed by atoms with Gasteiger partial charge in [0.25, 0.3) is 5.91 Å². The number of amidine groups is 1. The number of carbonyl (C=O) groups is 2. The first-order valence-electron chi connectivity index (χ1n) is 4.99. The van der Waals surface area contributed by atoms with E-state index in [2.05, 4.69) is 15.4 Å². The van der Waals surface area contributed by atoms with Crippen LogP contribution >= 0.6 is 11.8 Å². The normalized spacial score (nSPS) is 20.6. The zero-order valence-corrected chi connectivity index (χ0v) is 9.71. The molecule has 0 atom stereocenters. The van der Waals surface area contributed by atoms with Crippen LogP contribution < -0.4 is 5.32 Å². The van der Waals surface area contributed by atoms with Crippen LogP contribution in [0.1, 0.15) is 12.8 Å². The van der Waals surface area contributed by atoms with Crippen molar-refractivity contribution in [2.45, 2.75) is 12.8 Å². The summed E-state index contributed by atoms with van der Waals surface area (Å²) >= 11 is 1.52. The predicted octanol–water partition coefficient (Wildman–Crippen LogP) is -0.186. The van der Waals surface area contributed by atoms with Crippen molar-refractivity contribution in [2.24, 2.45) is 10.1 Å². The van der Waals surface area contributed by atoms with Crippen molar-refractivity contribution in [1.29, 1.82) is 0 Å². The lowest BCUT2D eigenvalue weighted by Crippen LogP contribution is -2.39. The van der Waals surface area contributed by atoms with Crippen LogP contribution in [0, 0.1) is 0 Å². The summed E-state index contributed by atoms with van der Waals surface area (Å²) in [6, 6.07) is 0. The third-order valence-corrected chi connectivity index (χ3v) is 3.17. The van der Waals surface area contributed by atoms with Gasteiger partial charge in [0, 0.05) is 25.6 Å². The molecule has 2 rings (SSSR count). The molecule has 0 radical (unpaired) electrons. The van der Waals surface area contributed by atoms with Crippen molar-refractivity contribution in [2.75, 3.05) is 19.3 Å². The highest BCUT2D eigenvalue weighted by molar-refractivity contribution is 8.14. The Morgan fingerprint density at radius 3 is 2.94 bits per heavy atom. The van der Waals surface area contributed by atoms with E-state index in [9.17, 15) is 9.59 Å². The van der Waals surface area contributed by atoms with Crippen LogP contribution in [-0.4, -0.2) is 47.0 Å². The molecule has 1 N–H and O–H groups in total. The van der Waals surface area contributed by atoms with E-state index in [1.54, 1.807) is 7.05 Å². The number of carbonyl (C=O) groups excluding carboxylic acids is 2. The maximum atomic E-state index is 11.7. The largest absolute Gasteiger partial charge is 0.300 e. The highest BCUT2D eigenvalue weighted by Gasteiger charge is 2.23. The molecule has 2 heterocycles. The number of thioether (sulfide) groups is 1. The van der Waals surface area contributed by atoms with Gasteiger partial charge in [0.2, 0.25) is 5.91 Å². The highest BCUT2D eigenvalue weighted by atomic mass is 32.2. The average Bonchev–Trinajstić information content (AvgIpc) is 2.74. The van der Waals surface area contributed by atoms with E-state index < -0.39 is 0 Å². The molecule has 0 saturated heterocycles. The fourth-order valence-electron chi connectivity index (χ4n) is 1.41. The van der Waals surface area contributed by atoms with Gasteiger partial charge in [-0.3, -0.25) is 14.6 Å². The highest BCUT2D eigenvalue weighted by Crippen LogP contribution is 2.11. The number of rotatable bonds is 1. The molecule has 0 saturated carbocycles. The third kappa shape index (κ3) is 2.41. The van der Waals surface area contributed by atoms with Gasteiger partial charge in [-0.1, -0.05) is 11.8 Å². The van der Waals surface area contributed by atoms with E-state index in [4.69, 9.17) is 0 Å². The second-order valence-electron chi connectivity index (χ2n) is 3.45. The maximum Gasteiger partial charge on any atom is 0.273 e. The first-order valence-corrected chi connectivity index (χ1v) is 5.98. The minimum Gasteiger partial charge on any atom is -0.300 e. The van der Waals surface area contributed by atoms with Crippen LogP contribution in [0.2, 0.25) is 0 Å². The zero-order chi connectivity index (χ0) is 11.5. The van der Waals surface area contributed by atoms with E-state index in [1.165, 1.54) is 16.8 Å². The summed E-state index contributed by atoms with van der Waals surface area (Å²) in [4.78, 5) is 27.0. The van der Waals surface area contributed by atoms with Crippen LogP contribution in [0.15, 0.2) is 10.1 Å². The molecule has 0 aromatic rings. The molecule has 2 amide bonds. The number of amides is 2. The van der Waals surface area contributed by atoms with Gasteiger partial charge in [-0.15, -0.1) is 0 Å². The Morgan fingerprint density at radius 2 is 2.31 bits per heavy atom. The van der Waals surface area contributed by atoms with Gasteiger partial charge in [-0.25, -0.2) is 5.01 Å². The SMILES string of the molecule is CN1N=C(C(=O)NC2=NCCS2)CCC1=O. The van der Waals surface area contributed by atoms with Crippen molar-refractivity contribution >= 4 is 34.5 Å². The molecule has 7 heteroatoms. The molecule has 0 fully saturated rings. The van der Waals surface area contributed by atoms with Gasteiger partial charge >= 0.3 is 0 Å². The second kappa shape index (κ2) is 4.65. The van der Waals surface area contributed by atoms with E-state index in [-0.39, 0.29) is 11.8 Å². The Kier molecular flexibility index (Phi) is 3.23. The molecule has 0 aliphatic carbocycles. The van der Waals surface area contributed by atoms with E-state index >= 15 is 0 Å². The molecular formula is C9H12N4O2S. The van der Waals surface area contributed by atoms with Gasteiger partial charge in [0.05, 0.1) is 6.54 Å². The number of hydrogen-bond donors (Lipinski definition) is 1. The molecule has 0 spiro atoms. The summed E-state index contributed by atoms with van der Waals surface area (Å²) < 4.78 is 0.